The van der Waals surface area contributed by atoms with Gasteiger partial charge < -0.3 is 19.3 Å². The Kier molecular flexibility index (Phi) is 12.7. The number of para-hydroxylation sites is 2. The monoisotopic (exact) mass is 868 g/mol. The van der Waals surface area contributed by atoms with Crippen molar-refractivity contribution in [2.45, 2.75) is 34.6 Å². The van der Waals surface area contributed by atoms with Crippen LogP contribution in [0.2, 0.25) is 0 Å². The second kappa shape index (κ2) is 19.4. The van der Waals surface area contributed by atoms with Crippen molar-refractivity contribution in [3.63, 3.8) is 0 Å². The Bertz CT molecular complexity index is 3130. The summed E-state index contributed by atoms with van der Waals surface area (Å²) in [6.07, 6.45) is 3.78. The maximum absolute atomic E-state index is 4.10. The number of fused-ring (bicyclic) bond motifs is 3. The van der Waals surface area contributed by atoms with Crippen LogP contribution in [0.1, 0.15) is 33.4 Å². The van der Waals surface area contributed by atoms with Crippen LogP contribution in [0.3, 0.4) is 0 Å². The first-order chi connectivity index (χ1) is 32.7. The van der Waals surface area contributed by atoms with E-state index in [4.69, 9.17) is 0 Å². The first-order valence-electron chi connectivity index (χ1n) is 22.9. The number of anilines is 9. The van der Waals surface area contributed by atoms with Gasteiger partial charge in [0, 0.05) is 51.1 Å². The molecule has 1 aromatic heterocycles. The van der Waals surface area contributed by atoms with E-state index in [0.717, 1.165) is 56.7 Å². The minimum absolute atomic E-state index is 1.04. The largest absolute Gasteiger partial charge is 0.317 e. The van der Waals surface area contributed by atoms with Gasteiger partial charge in [0.15, 0.2) is 0 Å². The fourth-order valence-corrected chi connectivity index (χ4v) is 9.08. The average molecular weight is 869 g/mol. The van der Waals surface area contributed by atoms with Crippen LogP contribution in [-0.4, -0.2) is 4.57 Å². The van der Waals surface area contributed by atoms with E-state index in [-0.39, 0.29) is 0 Å². The molecule has 0 aliphatic carbocycles. The first kappa shape index (κ1) is 43.9. The third kappa shape index (κ3) is 9.43. The summed E-state index contributed by atoms with van der Waals surface area (Å²) in [4.78, 5) is 7.13. The van der Waals surface area contributed by atoms with Crippen molar-refractivity contribution >= 4 is 85.3 Å². The minimum atomic E-state index is 1.04. The Balaban J connectivity index is 0.000000315. The molecule has 0 atom stereocenters. The lowest BCUT2D eigenvalue weighted by atomic mass is 10.1. The molecule has 4 heteroatoms. The highest BCUT2D eigenvalue weighted by Gasteiger charge is 2.23. The van der Waals surface area contributed by atoms with Crippen molar-refractivity contribution in [3.05, 3.63) is 259 Å². The van der Waals surface area contributed by atoms with Crippen LogP contribution in [0, 0.1) is 34.6 Å². The van der Waals surface area contributed by atoms with Crippen LogP contribution in [0.25, 0.3) is 34.1 Å². The van der Waals surface area contributed by atoms with E-state index in [1.54, 1.807) is 0 Å². The summed E-state index contributed by atoms with van der Waals surface area (Å²) in [7, 11) is 0. The van der Waals surface area contributed by atoms with Crippen LogP contribution in [0.4, 0.5) is 51.2 Å². The van der Waals surface area contributed by atoms with Gasteiger partial charge in [-0.3, -0.25) is 0 Å². The van der Waals surface area contributed by atoms with E-state index in [9.17, 15) is 0 Å². The lowest BCUT2D eigenvalue weighted by molar-refractivity contribution is 1.21. The summed E-state index contributed by atoms with van der Waals surface area (Å²) in [6, 6.07) is 76.2. The zero-order chi connectivity index (χ0) is 46.4. The van der Waals surface area contributed by atoms with Gasteiger partial charge in [-0.05, 0) is 171 Å². The normalized spacial score (nSPS) is 10.9. The second-order valence-corrected chi connectivity index (χ2v) is 17.3. The summed E-state index contributed by atoms with van der Waals surface area (Å²) < 4.78 is 2.13. The predicted molar refractivity (Wildman–Crippen MR) is 290 cm³/mol. The van der Waals surface area contributed by atoms with Crippen molar-refractivity contribution in [1.29, 1.82) is 0 Å². The van der Waals surface area contributed by atoms with E-state index >= 15 is 0 Å². The Morgan fingerprint density at radius 3 is 0.910 bits per heavy atom. The van der Waals surface area contributed by atoms with Gasteiger partial charge in [-0.25, -0.2) is 0 Å². The third-order valence-electron chi connectivity index (χ3n) is 12.1. The molecule has 0 spiro atoms. The van der Waals surface area contributed by atoms with Crippen molar-refractivity contribution in [3.8, 4) is 0 Å². The Morgan fingerprint density at radius 1 is 0.313 bits per heavy atom. The number of hydrogen-bond donors (Lipinski definition) is 0. The fraction of sp³-hybridized carbons (Fsp3) is 0.0794. The molecule has 67 heavy (non-hydrogen) atoms. The molecule has 0 aliphatic rings. The molecular formula is C63H56N4. The highest BCUT2D eigenvalue weighted by atomic mass is 15.2. The third-order valence-corrected chi connectivity index (χ3v) is 12.1. The number of nitrogens with zero attached hydrogens (tertiary/aromatic N) is 4. The molecule has 0 aliphatic heterocycles. The van der Waals surface area contributed by atoms with E-state index in [1.165, 1.54) is 49.6 Å². The summed E-state index contributed by atoms with van der Waals surface area (Å²) in [5.74, 6) is 0. The molecular weight excluding hydrogens is 813 g/mol. The average Bonchev–Trinajstić information content (AvgIpc) is 3.66. The maximum Gasteiger partial charge on any atom is 0.0534 e. The molecule has 0 saturated heterocycles. The van der Waals surface area contributed by atoms with Crippen LogP contribution in [0.15, 0.2) is 225 Å². The summed E-state index contributed by atoms with van der Waals surface area (Å²) in [6.45, 7) is 18.7. The van der Waals surface area contributed by atoms with Crippen molar-refractivity contribution in [2.24, 2.45) is 0 Å². The topological polar surface area (TPSA) is 14.7 Å². The molecule has 0 N–H and O–H groups in total. The van der Waals surface area contributed by atoms with Crippen molar-refractivity contribution < 1.29 is 0 Å². The van der Waals surface area contributed by atoms with Gasteiger partial charge in [-0.1, -0.05) is 128 Å². The Morgan fingerprint density at radius 2 is 0.612 bits per heavy atom. The van der Waals surface area contributed by atoms with Crippen molar-refractivity contribution in [1.82, 2.24) is 4.57 Å². The van der Waals surface area contributed by atoms with Gasteiger partial charge in [0.1, 0.15) is 0 Å². The highest BCUT2D eigenvalue weighted by molar-refractivity contribution is 6.09. The zero-order valence-corrected chi connectivity index (χ0v) is 39.1. The number of hydrogen-bond acceptors (Lipinski definition) is 3. The van der Waals surface area contributed by atoms with E-state index in [0.29, 0.717) is 0 Å². The van der Waals surface area contributed by atoms with Gasteiger partial charge in [0.05, 0.1) is 28.1 Å². The summed E-state index contributed by atoms with van der Waals surface area (Å²) in [5, 5.41) is 2.57. The molecule has 1 heterocycles. The molecule has 10 rings (SSSR count). The maximum atomic E-state index is 4.10. The lowest BCUT2D eigenvalue weighted by Gasteiger charge is -2.33. The smallest absolute Gasteiger partial charge is 0.0534 e. The van der Waals surface area contributed by atoms with Crippen LogP contribution >= 0.6 is 0 Å². The quantitative estimate of drug-likeness (QED) is 0.129. The molecule has 0 amide bonds. The number of rotatable bonds is 11. The number of aromatic nitrogens is 1. The fourth-order valence-electron chi connectivity index (χ4n) is 9.08. The standard InChI is InChI=1S/C49H45N3.C14H11N/c1-7-40-19-13-25-46(31-40)52(45-24-12-18-39(6)30-45)49-33-47(50(41-20-8-14-35(2)26-41)42-21-9-15-36(3)27-42)32-48(34-49)51(43-22-10-16-37(4)28-43)44-23-11-17-38(5)29-44;1-2-15-13-9-5-3-7-11(13)12-8-4-6-10-14(12)15/h7-34H,1H2,2-6H3;2-10H,1H2. The number of benzene rings is 9. The van der Waals surface area contributed by atoms with Crippen LogP contribution < -0.4 is 14.7 Å². The Labute approximate surface area is 396 Å². The zero-order valence-electron chi connectivity index (χ0n) is 39.1. The van der Waals surface area contributed by atoms with Crippen LogP contribution in [0.5, 0.6) is 0 Å². The molecule has 9 aromatic carbocycles. The molecule has 0 fully saturated rings. The number of aryl methyl sites for hydroxylation is 5. The highest BCUT2D eigenvalue weighted by Crippen LogP contribution is 2.46. The minimum Gasteiger partial charge on any atom is -0.317 e. The molecule has 0 bridgehead atoms. The molecule has 0 saturated carbocycles. The SMILES string of the molecule is C=Cc1cccc(N(c2cccc(C)c2)c2cc(N(c3cccc(C)c3)c3cccc(C)c3)cc(N(c3cccc(C)c3)c3cccc(C)c3)c2)c1.C=Cn1c2ccccc2c2ccccc21. The van der Waals surface area contributed by atoms with Gasteiger partial charge >= 0.3 is 0 Å². The predicted octanol–water partition coefficient (Wildman–Crippen LogP) is 18.2. The van der Waals surface area contributed by atoms with Gasteiger partial charge in [-0.15, -0.1) is 0 Å². The van der Waals surface area contributed by atoms with Crippen molar-refractivity contribution in [2.75, 3.05) is 14.7 Å². The van der Waals surface area contributed by atoms with Gasteiger partial charge in [0.2, 0.25) is 0 Å². The summed E-state index contributed by atoms with van der Waals surface area (Å²) in [5.41, 5.74) is 19.2. The molecule has 4 nitrogen and oxygen atoms in total. The molecule has 328 valence electrons. The first-order valence-corrected chi connectivity index (χ1v) is 22.9. The van der Waals surface area contributed by atoms with E-state index in [2.05, 4.69) is 279 Å². The molecule has 0 unspecified atom stereocenters. The van der Waals surface area contributed by atoms with E-state index < -0.39 is 0 Å². The van der Waals surface area contributed by atoms with Gasteiger partial charge in [-0.2, -0.15) is 0 Å². The molecule has 10 aromatic rings. The second-order valence-electron chi connectivity index (χ2n) is 17.3. The van der Waals surface area contributed by atoms with Gasteiger partial charge in [0.25, 0.3) is 0 Å². The lowest BCUT2D eigenvalue weighted by Crippen LogP contribution is -2.16. The summed E-state index contributed by atoms with van der Waals surface area (Å²) >= 11 is 0. The van der Waals surface area contributed by atoms with E-state index in [1.807, 2.05) is 12.3 Å². The molecule has 0 radical (unpaired) electrons. The Hall–Kier alpha value is -8.34. The van der Waals surface area contributed by atoms with Crippen LogP contribution in [-0.2, 0) is 0 Å².